The van der Waals surface area contributed by atoms with Crippen LogP contribution in [0, 0.1) is 13.8 Å². The summed E-state index contributed by atoms with van der Waals surface area (Å²) in [5, 5.41) is 5.99. The van der Waals surface area contributed by atoms with Gasteiger partial charge in [0.25, 0.3) is 5.91 Å². The van der Waals surface area contributed by atoms with Gasteiger partial charge in [-0.05, 0) is 74.2 Å². The third-order valence-electron chi connectivity index (χ3n) is 4.65. The van der Waals surface area contributed by atoms with Crippen molar-refractivity contribution in [2.24, 2.45) is 0 Å². The molecule has 0 saturated heterocycles. The molecule has 5 heteroatoms. The predicted molar refractivity (Wildman–Crippen MR) is 116 cm³/mol. The molecule has 150 valence electrons. The van der Waals surface area contributed by atoms with Crippen molar-refractivity contribution in [2.45, 2.75) is 40.5 Å². The molecule has 0 bridgehead atoms. The standard InChI is InChI=1S/C23H31N3O2/c1-5-13-26(14-6-2)23(28)19-8-11-20(12-9-19)24-16-22(27)25-21-10-7-17(3)18(4)15-21/h7-12,15,24H,5-6,13-14,16H2,1-4H3,(H,25,27). The lowest BCUT2D eigenvalue weighted by Crippen LogP contribution is -2.32. The Balaban J connectivity index is 1.90. The van der Waals surface area contributed by atoms with E-state index in [1.807, 2.05) is 61.2 Å². The van der Waals surface area contributed by atoms with Gasteiger partial charge in [0.2, 0.25) is 5.91 Å². The molecule has 28 heavy (non-hydrogen) atoms. The number of carbonyl (C=O) groups is 2. The first-order valence-electron chi connectivity index (χ1n) is 9.95. The first-order valence-corrected chi connectivity index (χ1v) is 9.95. The van der Waals surface area contributed by atoms with Crippen molar-refractivity contribution >= 4 is 23.2 Å². The van der Waals surface area contributed by atoms with Crippen LogP contribution in [0.5, 0.6) is 0 Å². The zero-order chi connectivity index (χ0) is 20.5. The van der Waals surface area contributed by atoms with Crippen LogP contribution in [-0.2, 0) is 4.79 Å². The van der Waals surface area contributed by atoms with E-state index in [2.05, 4.69) is 24.5 Å². The molecule has 0 aliphatic rings. The molecule has 0 atom stereocenters. The van der Waals surface area contributed by atoms with Crippen LogP contribution < -0.4 is 10.6 Å². The molecule has 2 aromatic carbocycles. The Hall–Kier alpha value is -2.82. The molecule has 5 nitrogen and oxygen atoms in total. The highest BCUT2D eigenvalue weighted by Gasteiger charge is 2.14. The van der Waals surface area contributed by atoms with Gasteiger partial charge < -0.3 is 15.5 Å². The average molecular weight is 382 g/mol. The molecule has 0 radical (unpaired) electrons. The molecule has 0 heterocycles. The Morgan fingerprint density at radius 2 is 1.46 bits per heavy atom. The lowest BCUT2D eigenvalue weighted by Gasteiger charge is -2.21. The summed E-state index contributed by atoms with van der Waals surface area (Å²) in [5.74, 6) is -0.0526. The Morgan fingerprint density at radius 1 is 0.857 bits per heavy atom. The zero-order valence-electron chi connectivity index (χ0n) is 17.3. The van der Waals surface area contributed by atoms with E-state index in [0.717, 1.165) is 42.9 Å². The Kier molecular flexibility index (Phi) is 8.05. The Bertz CT molecular complexity index is 794. The van der Waals surface area contributed by atoms with Gasteiger partial charge in [0.05, 0.1) is 6.54 Å². The number of aryl methyl sites for hydroxylation is 2. The van der Waals surface area contributed by atoms with Crippen LogP contribution in [0.25, 0.3) is 0 Å². The number of carbonyl (C=O) groups excluding carboxylic acids is 2. The number of hydrogen-bond donors (Lipinski definition) is 2. The van der Waals surface area contributed by atoms with Crippen molar-refractivity contribution in [3.63, 3.8) is 0 Å². The second kappa shape index (κ2) is 10.5. The second-order valence-corrected chi connectivity index (χ2v) is 7.07. The topological polar surface area (TPSA) is 61.4 Å². The van der Waals surface area contributed by atoms with Crippen LogP contribution in [0.4, 0.5) is 11.4 Å². The Morgan fingerprint density at radius 3 is 2.04 bits per heavy atom. The van der Waals surface area contributed by atoms with Crippen LogP contribution >= 0.6 is 0 Å². The van der Waals surface area contributed by atoms with Crippen LogP contribution in [-0.4, -0.2) is 36.3 Å². The lowest BCUT2D eigenvalue weighted by molar-refractivity contribution is -0.114. The van der Waals surface area contributed by atoms with Crippen molar-refractivity contribution in [2.75, 3.05) is 30.3 Å². The van der Waals surface area contributed by atoms with Crippen LogP contribution in [0.3, 0.4) is 0 Å². The Labute approximate surface area is 168 Å². The fourth-order valence-corrected chi connectivity index (χ4v) is 2.97. The first-order chi connectivity index (χ1) is 13.4. The summed E-state index contributed by atoms with van der Waals surface area (Å²) < 4.78 is 0. The molecular formula is C23H31N3O2. The van der Waals surface area contributed by atoms with E-state index in [-0.39, 0.29) is 18.4 Å². The molecule has 0 aromatic heterocycles. The molecule has 0 unspecified atom stereocenters. The van der Waals surface area contributed by atoms with Gasteiger partial charge in [-0.15, -0.1) is 0 Å². The summed E-state index contributed by atoms with van der Waals surface area (Å²) in [6.07, 6.45) is 1.89. The fourth-order valence-electron chi connectivity index (χ4n) is 2.97. The third-order valence-corrected chi connectivity index (χ3v) is 4.65. The van der Waals surface area contributed by atoms with Gasteiger partial charge in [0.15, 0.2) is 0 Å². The second-order valence-electron chi connectivity index (χ2n) is 7.07. The van der Waals surface area contributed by atoms with E-state index in [1.54, 1.807) is 0 Å². The molecular weight excluding hydrogens is 350 g/mol. The smallest absolute Gasteiger partial charge is 0.253 e. The molecule has 0 aliphatic carbocycles. The normalized spacial score (nSPS) is 10.4. The third kappa shape index (κ3) is 6.12. The summed E-state index contributed by atoms with van der Waals surface area (Å²) >= 11 is 0. The average Bonchev–Trinajstić information content (AvgIpc) is 2.69. The number of amides is 2. The van der Waals surface area contributed by atoms with E-state index < -0.39 is 0 Å². The van der Waals surface area contributed by atoms with Crippen molar-refractivity contribution in [3.8, 4) is 0 Å². The van der Waals surface area contributed by atoms with Crippen molar-refractivity contribution in [3.05, 3.63) is 59.2 Å². The summed E-state index contributed by atoms with van der Waals surface area (Å²) in [6.45, 7) is 9.92. The lowest BCUT2D eigenvalue weighted by atomic mass is 10.1. The fraction of sp³-hybridized carbons (Fsp3) is 0.391. The van der Waals surface area contributed by atoms with E-state index in [1.165, 1.54) is 5.56 Å². The first kappa shape index (κ1) is 21.5. The minimum absolute atomic E-state index is 0.0581. The van der Waals surface area contributed by atoms with Gasteiger partial charge >= 0.3 is 0 Å². The maximum absolute atomic E-state index is 12.6. The SMILES string of the molecule is CCCN(CCC)C(=O)c1ccc(NCC(=O)Nc2ccc(C)c(C)c2)cc1. The highest BCUT2D eigenvalue weighted by Crippen LogP contribution is 2.15. The van der Waals surface area contributed by atoms with Crippen molar-refractivity contribution in [1.29, 1.82) is 0 Å². The van der Waals surface area contributed by atoms with E-state index in [4.69, 9.17) is 0 Å². The quantitative estimate of drug-likeness (QED) is 0.666. The molecule has 0 aliphatic heterocycles. The van der Waals surface area contributed by atoms with Gasteiger partial charge in [-0.1, -0.05) is 19.9 Å². The maximum atomic E-state index is 12.6. The van der Waals surface area contributed by atoms with Crippen molar-refractivity contribution in [1.82, 2.24) is 4.90 Å². The summed E-state index contributed by atoms with van der Waals surface area (Å²) in [6, 6.07) is 13.2. The molecule has 0 fully saturated rings. The summed E-state index contributed by atoms with van der Waals surface area (Å²) in [5.41, 5.74) is 4.62. The van der Waals surface area contributed by atoms with Crippen LogP contribution in [0.2, 0.25) is 0 Å². The number of rotatable bonds is 9. The van der Waals surface area contributed by atoms with Crippen LogP contribution in [0.1, 0.15) is 48.2 Å². The highest BCUT2D eigenvalue weighted by molar-refractivity contribution is 5.95. The van der Waals surface area contributed by atoms with Crippen LogP contribution in [0.15, 0.2) is 42.5 Å². The van der Waals surface area contributed by atoms with Gasteiger partial charge in [0, 0.05) is 30.0 Å². The van der Waals surface area contributed by atoms with E-state index in [0.29, 0.717) is 5.56 Å². The molecule has 2 aromatic rings. The minimum Gasteiger partial charge on any atom is -0.376 e. The molecule has 2 N–H and O–H groups in total. The molecule has 2 rings (SSSR count). The van der Waals surface area contributed by atoms with E-state index in [9.17, 15) is 9.59 Å². The number of nitrogens with zero attached hydrogens (tertiary/aromatic N) is 1. The monoisotopic (exact) mass is 381 g/mol. The van der Waals surface area contributed by atoms with E-state index >= 15 is 0 Å². The predicted octanol–water partition coefficient (Wildman–Crippen LogP) is 4.62. The minimum atomic E-state index is -0.111. The summed E-state index contributed by atoms with van der Waals surface area (Å²) in [4.78, 5) is 26.6. The number of hydrogen-bond acceptors (Lipinski definition) is 3. The highest BCUT2D eigenvalue weighted by atomic mass is 16.2. The van der Waals surface area contributed by atoms with Gasteiger partial charge in [-0.25, -0.2) is 0 Å². The summed E-state index contributed by atoms with van der Waals surface area (Å²) in [7, 11) is 0. The van der Waals surface area contributed by atoms with Crippen molar-refractivity contribution < 1.29 is 9.59 Å². The number of anilines is 2. The zero-order valence-corrected chi connectivity index (χ0v) is 17.3. The number of nitrogens with one attached hydrogen (secondary N) is 2. The molecule has 0 spiro atoms. The van der Waals surface area contributed by atoms with Gasteiger partial charge in [0.1, 0.15) is 0 Å². The number of benzene rings is 2. The maximum Gasteiger partial charge on any atom is 0.253 e. The molecule has 0 saturated carbocycles. The van der Waals surface area contributed by atoms with Gasteiger partial charge in [-0.2, -0.15) is 0 Å². The largest absolute Gasteiger partial charge is 0.376 e. The molecule has 2 amide bonds. The van der Waals surface area contributed by atoms with Gasteiger partial charge in [-0.3, -0.25) is 9.59 Å².